The molecule has 1 atom stereocenters. The van der Waals surface area contributed by atoms with Crippen LogP contribution in [0.2, 0.25) is 0 Å². The Balaban J connectivity index is 1.99. The highest BCUT2D eigenvalue weighted by Crippen LogP contribution is 2.70. The van der Waals surface area contributed by atoms with Crippen molar-refractivity contribution in [3.05, 3.63) is 0 Å². The lowest BCUT2D eigenvalue weighted by Gasteiger charge is -2.67. The first-order chi connectivity index (χ1) is 5.51. The molecule has 3 nitrogen and oxygen atoms in total. The number of carbonyl (C=O) groups excluding carboxylic acids is 1. The maximum atomic E-state index is 13.0. The Kier molecular flexibility index (Phi) is 1.32. The normalized spacial score (nSPS) is 45.6. The average molecular weight is 173 g/mol. The summed E-state index contributed by atoms with van der Waals surface area (Å²) in [7, 11) is 1.30. The van der Waals surface area contributed by atoms with E-state index in [1.165, 1.54) is 7.11 Å². The largest absolute Gasteiger partial charge is 0.468 e. The summed E-state index contributed by atoms with van der Waals surface area (Å²) in [4.78, 5) is 11.0. The molecule has 2 bridgehead atoms. The molecule has 3 aliphatic carbocycles. The Bertz CT molecular complexity index is 221. The standard InChI is InChI=1S/C8H12FNO2/c1-12-6(11)5(10)7-2-8(9,3-7)4-7/h5H,2-4,10H2,1H3. The molecule has 3 fully saturated rings. The van der Waals surface area contributed by atoms with Crippen LogP contribution in [0.25, 0.3) is 0 Å². The van der Waals surface area contributed by atoms with Gasteiger partial charge in [-0.05, 0) is 19.3 Å². The Morgan fingerprint density at radius 3 is 2.42 bits per heavy atom. The number of alkyl halides is 1. The van der Waals surface area contributed by atoms with Crippen molar-refractivity contribution in [3.8, 4) is 0 Å². The number of ether oxygens (including phenoxy) is 1. The van der Waals surface area contributed by atoms with E-state index >= 15 is 0 Å². The van der Waals surface area contributed by atoms with Crippen LogP contribution in [0.5, 0.6) is 0 Å². The van der Waals surface area contributed by atoms with Crippen molar-refractivity contribution in [1.29, 1.82) is 0 Å². The van der Waals surface area contributed by atoms with E-state index in [1.807, 2.05) is 0 Å². The van der Waals surface area contributed by atoms with Crippen LogP contribution in [0, 0.1) is 5.41 Å². The molecule has 0 spiro atoms. The van der Waals surface area contributed by atoms with Crippen molar-refractivity contribution in [2.24, 2.45) is 11.1 Å². The molecule has 3 saturated carbocycles. The van der Waals surface area contributed by atoms with E-state index in [0.29, 0.717) is 19.3 Å². The highest BCUT2D eigenvalue weighted by molar-refractivity contribution is 5.77. The van der Waals surface area contributed by atoms with E-state index in [9.17, 15) is 9.18 Å². The van der Waals surface area contributed by atoms with E-state index in [-0.39, 0.29) is 5.41 Å². The number of halogens is 1. The van der Waals surface area contributed by atoms with Crippen LogP contribution in [0.1, 0.15) is 19.3 Å². The highest BCUT2D eigenvalue weighted by atomic mass is 19.1. The van der Waals surface area contributed by atoms with Gasteiger partial charge in [-0.15, -0.1) is 0 Å². The molecular weight excluding hydrogens is 161 g/mol. The lowest BCUT2D eigenvalue weighted by Crippen LogP contribution is -2.72. The van der Waals surface area contributed by atoms with Gasteiger partial charge in [0, 0.05) is 5.41 Å². The first kappa shape index (κ1) is 7.98. The van der Waals surface area contributed by atoms with Gasteiger partial charge in [0.2, 0.25) is 0 Å². The minimum atomic E-state index is -0.994. The number of rotatable bonds is 2. The van der Waals surface area contributed by atoms with Crippen LogP contribution in [0.4, 0.5) is 4.39 Å². The summed E-state index contributed by atoms with van der Waals surface area (Å²) < 4.78 is 17.5. The van der Waals surface area contributed by atoms with E-state index in [2.05, 4.69) is 4.74 Å². The zero-order valence-electron chi connectivity index (χ0n) is 6.97. The highest BCUT2D eigenvalue weighted by Gasteiger charge is 2.72. The topological polar surface area (TPSA) is 52.3 Å². The molecule has 0 aromatic carbocycles. The second-order valence-corrected chi connectivity index (χ2v) is 4.04. The Hall–Kier alpha value is -0.640. The summed E-state index contributed by atoms with van der Waals surface area (Å²) in [6.07, 6.45) is 1.32. The minimum absolute atomic E-state index is 0.262. The van der Waals surface area contributed by atoms with E-state index in [0.717, 1.165) is 0 Å². The van der Waals surface area contributed by atoms with E-state index in [4.69, 9.17) is 5.73 Å². The predicted molar refractivity (Wildman–Crippen MR) is 40.1 cm³/mol. The minimum Gasteiger partial charge on any atom is -0.468 e. The number of hydrogen-bond acceptors (Lipinski definition) is 3. The van der Waals surface area contributed by atoms with Gasteiger partial charge < -0.3 is 10.5 Å². The molecule has 68 valence electrons. The Morgan fingerprint density at radius 1 is 1.58 bits per heavy atom. The molecular formula is C8H12FNO2. The van der Waals surface area contributed by atoms with Crippen LogP contribution in [-0.4, -0.2) is 24.8 Å². The zero-order chi connectivity index (χ0) is 8.98. The van der Waals surface area contributed by atoms with Gasteiger partial charge in [0.15, 0.2) is 0 Å². The lowest BCUT2D eigenvalue weighted by atomic mass is 9.40. The summed E-state index contributed by atoms with van der Waals surface area (Å²) in [6.45, 7) is 0. The molecule has 0 heterocycles. The van der Waals surface area contributed by atoms with Crippen LogP contribution in [0.3, 0.4) is 0 Å². The van der Waals surface area contributed by atoms with Gasteiger partial charge in [0.05, 0.1) is 7.11 Å². The second-order valence-electron chi connectivity index (χ2n) is 4.04. The Morgan fingerprint density at radius 2 is 2.08 bits per heavy atom. The molecule has 4 heteroatoms. The maximum Gasteiger partial charge on any atom is 0.323 e. The molecule has 1 unspecified atom stereocenters. The third kappa shape index (κ3) is 0.759. The first-order valence-corrected chi connectivity index (χ1v) is 4.04. The van der Waals surface area contributed by atoms with Gasteiger partial charge >= 0.3 is 5.97 Å². The molecule has 12 heavy (non-hydrogen) atoms. The molecule has 0 saturated heterocycles. The molecule has 0 aromatic rings. The summed E-state index contributed by atoms with van der Waals surface area (Å²) in [5.74, 6) is -0.420. The van der Waals surface area contributed by atoms with Gasteiger partial charge in [-0.25, -0.2) is 4.39 Å². The maximum absolute atomic E-state index is 13.0. The summed E-state index contributed by atoms with van der Waals surface area (Å²) >= 11 is 0. The zero-order valence-corrected chi connectivity index (χ0v) is 6.97. The van der Waals surface area contributed by atoms with Gasteiger partial charge in [0.25, 0.3) is 0 Å². The SMILES string of the molecule is COC(=O)C(N)C12CC(F)(C1)C2. The van der Waals surface area contributed by atoms with E-state index < -0.39 is 17.7 Å². The molecule has 3 rings (SSSR count). The van der Waals surface area contributed by atoms with Crippen LogP contribution < -0.4 is 5.73 Å². The molecule has 0 aliphatic heterocycles. The van der Waals surface area contributed by atoms with Crippen molar-refractivity contribution in [1.82, 2.24) is 0 Å². The second kappa shape index (κ2) is 1.99. The van der Waals surface area contributed by atoms with Crippen LogP contribution in [0.15, 0.2) is 0 Å². The van der Waals surface area contributed by atoms with Gasteiger partial charge in [-0.2, -0.15) is 0 Å². The number of carbonyl (C=O) groups is 1. The third-order valence-corrected chi connectivity index (χ3v) is 3.12. The quantitative estimate of drug-likeness (QED) is 0.614. The molecule has 0 aromatic heterocycles. The predicted octanol–water partition coefficient (Wildman–Crippen LogP) is 0.379. The third-order valence-electron chi connectivity index (χ3n) is 3.12. The number of methoxy groups -OCH3 is 1. The van der Waals surface area contributed by atoms with Crippen LogP contribution in [-0.2, 0) is 9.53 Å². The molecule has 2 N–H and O–H groups in total. The summed E-state index contributed by atoms with van der Waals surface area (Å²) in [6, 6.07) is -0.625. The fraction of sp³-hybridized carbons (Fsp3) is 0.875. The molecule has 0 amide bonds. The lowest BCUT2D eigenvalue weighted by molar-refractivity contribution is -0.227. The van der Waals surface area contributed by atoms with Gasteiger partial charge in [0.1, 0.15) is 11.7 Å². The van der Waals surface area contributed by atoms with Crippen molar-refractivity contribution in [2.45, 2.75) is 31.0 Å². The number of esters is 1. The monoisotopic (exact) mass is 173 g/mol. The number of nitrogens with two attached hydrogens (primary N) is 1. The Labute approximate surface area is 70.1 Å². The van der Waals surface area contributed by atoms with Crippen molar-refractivity contribution in [3.63, 3.8) is 0 Å². The number of hydrogen-bond donors (Lipinski definition) is 1. The fourth-order valence-electron chi connectivity index (χ4n) is 2.44. The van der Waals surface area contributed by atoms with Gasteiger partial charge in [-0.1, -0.05) is 0 Å². The fourth-order valence-corrected chi connectivity index (χ4v) is 2.44. The van der Waals surface area contributed by atoms with Crippen molar-refractivity contribution in [2.75, 3.05) is 7.11 Å². The molecule has 0 radical (unpaired) electrons. The average Bonchev–Trinajstić information content (AvgIpc) is 1.94. The molecule has 3 aliphatic rings. The van der Waals surface area contributed by atoms with E-state index in [1.54, 1.807) is 0 Å². The van der Waals surface area contributed by atoms with Crippen LogP contribution >= 0.6 is 0 Å². The van der Waals surface area contributed by atoms with Crippen molar-refractivity contribution >= 4 is 5.97 Å². The summed E-state index contributed by atoms with van der Waals surface area (Å²) in [5, 5.41) is 0. The first-order valence-electron chi connectivity index (χ1n) is 4.04. The van der Waals surface area contributed by atoms with Crippen molar-refractivity contribution < 1.29 is 13.9 Å². The smallest absolute Gasteiger partial charge is 0.323 e. The van der Waals surface area contributed by atoms with Gasteiger partial charge in [-0.3, -0.25) is 4.79 Å². The summed E-state index contributed by atoms with van der Waals surface area (Å²) in [5.41, 5.74) is 4.37.